The van der Waals surface area contributed by atoms with E-state index < -0.39 is 123 Å². The molecular formula is C109H155F9N4O20S4. The smallest absolute Gasteiger partial charge is 0.480 e. The van der Waals surface area contributed by atoms with Gasteiger partial charge in [0.15, 0.2) is 40.1 Å². The number of sulfonamides is 3. The van der Waals surface area contributed by atoms with Gasteiger partial charge in [0.25, 0.3) is 10.0 Å². The maximum absolute atomic E-state index is 14.3. The van der Waals surface area contributed by atoms with Crippen LogP contribution in [-0.4, -0.2) is 147 Å². The summed E-state index contributed by atoms with van der Waals surface area (Å²) < 4.78 is 224. The van der Waals surface area contributed by atoms with Gasteiger partial charge in [0.2, 0.25) is 5.91 Å². The molecule has 37 heteroatoms. The van der Waals surface area contributed by atoms with Crippen LogP contribution >= 0.6 is 0 Å². The molecule has 4 aromatic rings. The van der Waals surface area contributed by atoms with Gasteiger partial charge in [-0.25, -0.2) is 25.3 Å². The molecule has 1 amide bonds. The molecule has 11 aliphatic carbocycles. The number of piperidine rings is 1. The fourth-order valence-corrected chi connectivity index (χ4v) is 27.4. The molecule has 0 spiro atoms. The summed E-state index contributed by atoms with van der Waals surface area (Å²) in [7, 11) is -22.3. The Morgan fingerprint density at radius 1 is 0.500 bits per heavy atom. The second kappa shape index (κ2) is 46.2. The molecule has 5 unspecified atom stereocenters. The van der Waals surface area contributed by atoms with Gasteiger partial charge in [-0.3, -0.25) is 33.6 Å². The standard InChI is InChI=1S/C19H32O2.C18H15S.C17H28O2.C15H20F9N2O8S3.C15H19NO4.C13H24O2.C12H17NO2/c1-6-17(2,3)16(20)21-18(4,5)19-10-13-7-14(11-19)9-15(8-13)12-19;1-4-10-16(11-5-1)19(17-12-6-2-7-13-17)18-14-8-3-9-15-18;1-5-16(2,3)15(18)19-17(4)13-7-11-6-12(9-13)10-14(17)8-11;1-4-11(2,3)10(27)34-9-5-7-26(8-6-9)37(32,33)14(20,21)12(16,17)13(18,19)35(28,29)25-36(30,31)15(22,23)24;1-4-14(2,3)12(17)19-10-8-5-9-11(10)20-13(18)15(9,6-8)7-16;1-5-12(3,4)11(14)15-13(6-2)9-7-8-10-13;1-4-12(2,3)11(15)13-9-5-7-10(14)8-6-9/h13-15H,6-12H2,1-5H3;1-15H;11-14H,5-10H2,1-4H3;9H,4-8H2,1-3H3;8-11H,4-6H2,1-3H3;5-10H2,1-4H3;5-8,14H,4H2,1-3H3,(H,13,15)/q;+1;;-1;;;. The van der Waals surface area contributed by atoms with Gasteiger partial charge in [-0.1, -0.05) is 117 Å². The maximum atomic E-state index is 14.3. The average Bonchev–Trinajstić information content (AvgIpc) is 1.58. The number of amides is 1. The van der Waals surface area contributed by atoms with Gasteiger partial charge in [0, 0.05) is 41.4 Å². The van der Waals surface area contributed by atoms with Crippen molar-refractivity contribution in [2.45, 2.75) is 391 Å². The van der Waals surface area contributed by atoms with Crippen molar-refractivity contribution < 1.29 is 132 Å². The maximum Gasteiger partial charge on any atom is 0.480 e. The van der Waals surface area contributed by atoms with Gasteiger partial charge in [0.1, 0.15) is 40.9 Å². The number of benzene rings is 4. The number of nitrogens with zero attached hydrogens (tertiary/aromatic N) is 3. The number of carbonyl (C=O) groups excluding carboxylic acids is 7. The van der Waals surface area contributed by atoms with Crippen LogP contribution in [0.4, 0.5) is 45.2 Å². The van der Waals surface area contributed by atoms with Crippen LogP contribution in [-0.2, 0) is 103 Å². The van der Waals surface area contributed by atoms with E-state index in [9.17, 15) is 104 Å². The van der Waals surface area contributed by atoms with Crippen LogP contribution in [0.3, 0.4) is 0 Å². The second-order valence-electron chi connectivity index (χ2n) is 46.5. The fraction of sp³-hybridized carbons (Fsp3) is 0.706. The highest BCUT2D eigenvalue weighted by molar-refractivity contribution is 8.13. The number of anilines is 1. The Balaban J connectivity index is 0.000000194. The van der Waals surface area contributed by atoms with Crippen molar-refractivity contribution in [1.82, 2.24) is 4.31 Å². The average molecular weight is 2140 g/mol. The number of phenolic OH excluding ortho intramolecular Hbond substituents is 1. The van der Waals surface area contributed by atoms with Crippen molar-refractivity contribution in [3.05, 3.63) is 119 Å². The molecule has 10 bridgehead atoms. The Kier molecular flexibility index (Phi) is 38.5. The predicted molar refractivity (Wildman–Crippen MR) is 538 cm³/mol. The lowest BCUT2D eigenvalue weighted by Gasteiger charge is -2.61. The number of nitrogens with one attached hydrogen (secondary N) is 1. The Hall–Kier alpha value is -8.05. The van der Waals surface area contributed by atoms with E-state index in [2.05, 4.69) is 144 Å². The molecule has 2 heterocycles. The highest BCUT2D eigenvalue weighted by atomic mass is 32.3. The normalized spacial score (nSPS) is 26.3. The van der Waals surface area contributed by atoms with Crippen LogP contribution in [0.25, 0.3) is 4.13 Å². The van der Waals surface area contributed by atoms with Crippen LogP contribution in [0.2, 0.25) is 0 Å². The fourth-order valence-electron chi connectivity index (χ4n) is 21.6. The molecule has 5 atom stereocenters. The second-order valence-corrected chi connectivity index (χ2v) is 54.0. The van der Waals surface area contributed by atoms with Crippen LogP contribution in [0.5, 0.6) is 5.75 Å². The number of hydrogen-bond acceptors (Lipinski definition) is 21. The summed E-state index contributed by atoms with van der Waals surface area (Å²) >= 11 is 0. The number of carbonyl (C=O) groups is 7. The number of alkyl halides is 9. The van der Waals surface area contributed by atoms with Crippen molar-refractivity contribution in [2.75, 3.05) is 18.4 Å². The highest BCUT2D eigenvalue weighted by Crippen LogP contribution is 2.67. The van der Waals surface area contributed by atoms with Gasteiger partial charge >= 0.3 is 57.8 Å². The Labute approximate surface area is 861 Å². The molecule has 11 saturated carbocycles. The molecular weight excluding hydrogens is 1980 g/mol. The van der Waals surface area contributed by atoms with Gasteiger partial charge in [-0.15, -0.1) is 0 Å². The lowest BCUT2D eigenvalue weighted by Crippen LogP contribution is -2.63. The van der Waals surface area contributed by atoms with Crippen molar-refractivity contribution >= 4 is 88.4 Å². The number of hydrogen-bond donors (Lipinski definition) is 2. The Morgan fingerprint density at radius 3 is 1.29 bits per heavy atom. The molecule has 2 aliphatic heterocycles. The first-order chi connectivity index (χ1) is 67.4. The number of aromatic hydroxyl groups is 1. The molecule has 0 radical (unpaired) electrons. The summed E-state index contributed by atoms with van der Waals surface area (Å²) in [6.07, 6.45) is 22.7. The van der Waals surface area contributed by atoms with E-state index >= 15 is 0 Å². The molecule has 4 aromatic carbocycles. The number of fused-ring (bicyclic) bond motifs is 1. The van der Waals surface area contributed by atoms with Gasteiger partial charge in [0.05, 0.1) is 44.0 Å². The lowest BCUT2D eigenvalue weighted by molar-refractivity contribution is -0.244. The quantitative estimate of drug-likeness (QED) is 0.0161. The number of nitriles is 1. The van der Waals surface area contributed by atoms with E-state index in [1.807, 2.05) is 90.0 Å². The van der Waals surface area contributed by atoms with E-state index in [1.165, 1.54) is 112 Å². The molecule has 13 fully saturated rings. The molecule has 17 rings (SSSR count). The van der Waals surface area contributed by atoms with Crippen molar-refractivity contribution in [1.29, 1.82) is 5.26 Å². The zero-order valence-electron chi connectivity index (χ0n) is 88.8. The first-order valence-electron chi connectivity index (χ1n) is 51.5. The molecule has 2 saturated heterocycles. The highest BCUT2D eigenvalue weighted by Gasteiger charge is 2.82. The molecule has 818 valence electrons. The molecule has 24 nitrogen and oxygen atoms in total. The first-order valence-corrected chi connectivity index (χ1v) is 57.1. The number of ether oxygens (including phenoxy) is 6. The van der Waals surface area contributed by atoms with E-state index in [0.717, 1.165) is 81.0 Å². The van der Waals surface area contributed by atoms with E-state index in [4.69, 9.17) is 33.5 Å². The summed E-state index contributed by atoms with van der Waals surface area (Å²) in [6.45, 7) is 40.7. The number of rotatable bonds is 30. The lowest BCUT2D eigenvalue weighted by atomic mass is 9.46. The molecule has 0 aromatic heterocycles. The SMILES string of the molecule is CCC(C)(C)C(=O)Nc1ccc(O)cc1.CCC(C)(C)C(=O)OC(C)(C)C12CC3CC(CC(C3)C1)C2.CCC(C)(C)C(=O)OC1(C)C2CC3CC(C2)CC1C3.CCC(C)(C)C(=O)OC1C2CC3C1OC(=O)C3(C#N)C2.CCC(C)(C)C(=O)OC1CCN(S(=O)(=O)C(F)(F)C(F)(F)C(F)(F)S(=O)(=O)[N-]S(=O)(=O)C(F)(F)F)CC1.CCC1(OC(=O)C(C)(C)CC)CCCC1.c1ccc([S+](c2ccccc2)c2ccccc2)cc1. The summed E-state index contributed by atoms with van der Waals surface area (Å²) in [5.74, 6) is -3.01. The predicted octanol–water partition coefficient (Wildman–Crippen LogP) is 25.3. The number of halogens is 9. The van der Waals surface area contributed by atoms with E-state index in [1.54, 1.807) is 31.2 Å². The van der Waals surface area contributed by atoms with Crippen molar-refractivity contribution in [3.63, 3.8) is 0 Å². The number of esters is 6. The summed E-state index contributed by atoms with van der Waals surface area (Å²) in [6, 6.07) is 40.8. The van der Waals surface area contributed by atoms with Crippen LogP contribution in [0, 0.1) is 108 Å². The number of phenols is 1. The topological polar surface area (TPSA) is 351 Å². The first kappa shape index (κ1) is 121. The third-order valence-electron chi connectivity index (χ3n) is 33.8. The van der Waals surface area contributed by atoms with Gasteiger partial charge < -0.3 is 43.0 Å². The Bertz CT molecular complexity index is 5410. The summed E-state index contributed by atoms with van der Waals surface area (Å²) in [5, 5.41) is 6.76. The van der Waals surface area contributed by atoms with Gasteiger partial charge in [-0.2, -0.15) is 49.1 Å². The molecule has 13 aliphatic rings. The van der Waals surface area contributed by atoms with E-state index in [0.29, 0.717) is 40.9 Å². The van der Waals surface area contributed by atoms with Crippen LogP contribution < -0.4 is 5.32 Å². The third-order valence-corrected chi connectivity index (χ3v) is 41.1. The summed E-state index contributed by atoms with van der Waals surface area (Å²) in [4.78, 5) is 89.1. The van der Waals surface area contributed by atoms with Crippen LogP contribution in [0.15, 0.2) is 130 Å². The molecule has 146 heavy (non-hydrogen) atoms. The van der Waals surface area contributed by atoms with Crippen molar-refractivity contribution in [3.8, 4) is 11.8 Å². The van der Waals surface area contributed by atoms with E-state index in [-0.39, 0.29) is 108 Å². The third kappa shape index (κ3) is 26.4. The largest absolute Gasteiger partial charge is 0.508 e. The Morgan fingerprint density at radius 2 is 0.890 bits per heavy atom. The minimum Gasteiger partial charge on any atom is -0.508 e. The van der Waals surface area contributed by atoms with Crippen LogP contribution in [0.1, 0.15) is 319 Å². The monoisotopic (exact) mass is 2140 g/mol. The zero-order chi connectivity index (χ0) is 110. The van der Waals surface area contributed by atoms with Crippen molar-refractivity contribution in [2.24, 2.45) is 96.6 Å². The summed E-state index contributed by atoms with van der Waals surface area (Å²) in [5.41, 5.74) is -10.3. The zero-order valence-corrected chi connectivity index (χ0v) is 92.0. The van der Waals surface area contributed by atoms with Gasteiger partial charge in [-0.05, 0) is 359 Å². The minimum absolute atomic E-state index is 0.00399. The minimum atomic E-state index is -7.96. The molecule has 2 N–H and O–H groups in total.